The van der Waals surface area contributed by atoms with Crippen LogP contribution >= 0.6 is 11.8 Å². The van der Waals surface area contributed by atoms with E-state index in [2.05, 4.69) is 32.8 Å². The minimum absolute atomic E-state index is 0.0815. The number of esters is 1. The van der Waals surface area contributed by atoms with E-state index in [-0.39, 0.29) is 17.2 Å². The summed E-state index contributed by atoms with van der Waals surface area (Å²) in [6.07, 6.45) is 2.75. The smallest absolute Gasteiger partial charge is 0.338 e. The molecular weight excluding hydrogens is 669 g/mol. The van der Waals surface area contributed by atoms with Gasteiger partial charge in [0.05, 0.1) is 31.5 Å². The average Bonchev–Trinajstić information content (AvgIpc) is 3.15. The SMILES string of the molecule is COC(=O)C1=C(C)N=C(SCc2ccc(OC)cc2)N(C(=O)NCCCN2CCC(c3cccc(NC(C)=O)c3)CC2)C1c1ccc(N=O)cc1. The fraction of sp³-hybridized carbons (Fsp3) is 0.368. The number of amidine groups is 1. The number of carbonyl (C=O) groups excluding carboxylic acids is 3. The van der Waals surface area contributed by atoms with Crippen LogP contribution < -0.4 is 15.4 Å². The molecule has 0 radical (unpaired) electrons. The van der Waals surface area contributed by atoms with Gasteiger partial charge in [-0.25, -0.2) is 14.6 Å². The Morgan fingerprint density at radius 2 is 1.71 bits per heavy atom. The van der Waals surface area contributed by atoms with Crippen LogP contribution in [0.5, 0.6) is 5.75 Å². The number of nitroso groups, excluding NO2 is 1. The molecule has 3 aromatic carbocycles. The highest BCUT2D eigenvalue weighted by Gasteiger charge is 2.40. The maximum atomic E-state index is 14.1. The third-order valence-corrected chi connectivity index (χ3v) is 10.1. The zero-order valence-electron chi connectivity index (χ0n) is 29.4. The summed E-state index contributed by atoms with van der Waals surface area (Å²) >= 11 is 1.39. The third-order valence-electron chi connectivity index (χ3n) is 9.05. The fourth-order valence-electron chi connectivity index (χ4n) is 6.42. The van der Waals surface area contributed by atoms with Gasteiger partial charge in [0, 0.05) is 24.9 Å². The summed E-state index contributed by atoms with van der Waals surface area (Å²) in [6.45, 7) is 6.36. The lowest BCUT2D eigenvalue weighted by Crippen LogP contribution is -2.48. The summed E-state index contributed by atoms with van der Waals surface area (Å²) < 4.78 is 10.5. The molecule has 2 N–H and O–H groups in total. The van der Waals surface area contributed by atoms with Gasteiger partial charge in [0.25, 0.3) is 0 Å². The number of benzene rings is 3. The number of thioether (sulfide) groups is 1. The number of piperidine rings is 1. The summed E-state index contributed by atoms with van der Waals surface area (Å²) in [7, 11) is 2.91. The van der Waals surface area contributed by atoms with E-state index in [0.29, 0.717) is 34.6 Å². The monoisotopic (exact) mass is 712 g/mol. The predicted molar refractivity (Wildman–Crippen MR) is 200 cm³/mol. The first-order valence-corrected chi connectivity index (χ1v) is 17.9. The van der Waals surface area contributed by atoms with Gasteiger partial charge in [-0.05, 0) is 110 Å². The highest BCUT2D eigenvalue weighted by Crippen LogP contribution is 2.39. The van der Waals surface area contributed by atoms with Crippen molar-refractivity contribution in [1.29, 1.82) is 0 Å². The molecule has 1 unspecified atom stereocenters. The number of methoxy groups -OCH3 is 2. The molecule has 3 amide bonds. The van der Waals surface area contributed by atoms with Crippen LogP contribution in [0.25, 0.3) is 0 Å². The molecule has 1 fully saturated rings. The Labute approximate surface area is 302 Å². The van der Waals surface area contributed by atoms with Crippen molar-refractivity contribution >= 4 is 46.2 Å². The number of nitrogens with one attached hydrogen (secondary N) is 2. The van der Waals surface area contributed by atoms with Gasteiger partial charge in [-0.3, -0.25) is 9.69 Å². The van der Waals surface area contributed by atoms with Crippen LogP contribution in [0.2, 0.25) is 0 Å². The van der Waals surface area contributed by atoms with E-state index in [0.717, 1.165) is 55.9 Å². The first-order valence-electron chi connectivity index (χ1n) is 16.9. The second-order valence-corrected chi connectivity index (χ2v) is 13.4. The number of amides is 3. The van der Waals surface area contributed by atoms with Crippen molar-refractivity contribution in [1.82, 2.24) is 15.1 Å². The Balaban J connectivity index is 1.27. The van der Waals surface area contributed by atoms with Crippen LogP contribution in [0, 0.1) is 4.91 Å². The summed E-state index contributed by atoms with van der Waals surface area (Å²) in [4.78, 5) is 58.7. The number of allylic oxidation sites excluding steroid dienone is 1. The topological polar surface area (TPSA) is 142 Å². The van der Waals surface area contributed by atoms with E-state index in [4.69, 9.17) is 14.5 Å². The van der Waals surface area contributed by atoms with Crippen LogP contribution in [0.1, 0.15) is 61.8 Å². The lowest BCUT2D eigenvalue weighted by atomic mass is 9.89. The molecule has 2 heterocycles. The molecule has 0 aromatic heterocycles. The molecule has 5 rings (SSSR count). The van der Waals surface area contributed by atoms with Crippen molar-refractivity contribution in [3.63, 3.8) is 0 Å². The Kier molecular flexibility index (Phi) is 13.0. The number of hydrogen-bond donors (Lipinski definition) is 2. The Morgan fingerprint density at radius 1 is 0.980 bits per heavy atom. The summed E-state index contributed by atoms with van der Waals surface area (Å²) in [5.74, 6) is 1.01. The first-order chi connectivity index (χ1) is 24.7. The number of urea groups is 1. The number of likely N-dealkylation sites (tertiary alicyclic amines) is 1. The average molecular weight is 713 g/mol. The van der Waals surface area contributed by atoms with Gasteiger partial charge in [-0.1, -0.05) is 48.2 Å². The van der Waals surface area contributed by atoms with Crippen molar-refractivity contribution < 1.29 is 23.9 Å². The molecule has 2 aliphatic rings. The number of nitrogens with zero attached hydrogens (tertiary/aromatic N) is 4. The first kappa shape index (κ1) is 37.3. The molecule has 0 saturated carbocycles. The number of hydrogen-bond acceptors (Lipinski definition) is 10. The lowest BCUT2D eigenvalue weighted by Gasteiger charge is -2.36. The summed E-state index contributed by atoms with van der Waals surface area (Å²) in [5, 5.41) is 9.39. The molecular formula is C38H44N6O6S. The van der Waals surface area contributed by atoms with Crippen molar-refractivity contribution in [3.8, 4) is 5.75 Å². The molecule has 3 aromatic rings. The maximum Gasteiger partial charge on any atom is 0.338 e. The molecule has 0 spiro atoms. The Bertz CT molecular complexity index is 1770. The van der Waals surface area contributed by atoms with E-state index >= 15 is 0 Å². The standard InChI is InChI=1S/C38H44N6O6S/c1-25-34(36(46)50-4)35(29-11-13-31(42-48)14-12-29)44(38(40-25)51-24-27-9-15-33(49-3)16-10-27)37(47)39-19-6-20-43-21-17-28(18-22-43)30-7-5-8-32(23-30)41-26(2)45/h5,7-16,23,28,35H,6,17-22,24H2,1-4H3,(H,39,47)(H,41,45). The van der Waals surface area contributed by atoms with Gasteiger partial charge in [0.2, 0.25) is 5.91 Å². The largest absolute Gasteiger partial charge is 0.497 e. The normalized spacial score (nSPS) is 16.7. The molecule has 1 atom stereocenters. The van der Waals surface area contributed by atoms with Crippen LogP contribution in [-0.4, -0.2) is 73.3 Å². The predicted octanol–water partition coefficient (Wildman–Crippen LogP) is 7.12. The molecule has 13 heteroatoms. The molecule has 0 bridgehead atoms. The second-order valence-electron chi connectivity index (χ2n) is 12.5. The van der Waals surface area contributed by atoms with Gasteiger partial charge >= 0.3 is 12.0 Å². The number of anilines is 1. The van der Waals surface area contributed by atoms with Crippen molar-refractivity contribution in [2.24, 2.45) is 10.2 Å². The van der Waals surface area contributed by atoms with Crippen molar-refractivity contribution in [2.45, 2.75) is 50.8 Å². The van der Waals surface area contributed by atoms with Crippen LogP contribution in [0.4, 0.5) is 16.2 Å². The van der Waals surface area contributed by atoms with Crippen LogP contribution in [0.3, 0.4) is 0 Å². The number of ether oxygens (including phenoxy) is 2. The quantitative estimate of drug-likeness (QED) is 0.115. The van der Waals surface area contributed by atoms with Gasteiger partial charge in [-0.2, -0.15) is 0 Å². The maximum absolute atomic E-state index is 14.1. The van der Waals surface area contributed by atoms with Gasteiger partial charge in [0.15, 0.2) is 5.17 Å². The van der Waals surface area contributed by atoms with Gasteiger partial charge < -0.3 is 25.0 Å². The summed E-state index contributed by atoms with van der Waals surface area (Å²) in [5.41, 5.74) is 4.58. The molecule has 0 aliphatic carbocycles. The molecule has 2 aliphatic heterocycles. The molecule has 51 heavy (non-hydrogen) atoms. The van der Waals surface area contributed by atoms with Gasteiger partial charge in [-0.15, -0.1) is 4.91 Å². The second kappa shape index (κ2) is 17.8. The van der Waals surface area contributed by atoms with E-state index in [9.17, 15) is 19.3 Å². The van der Waals surface area contributed by atoms with E-state index in [1.165, 1.54) is 36.3 Å². The molecule has 1 saturated heterocycles. The van der Waals surface area contributed by atoms with Crippen LogP contribution in [-0.2, 0) is 20.1 Å². The van der Waals surface area contributed by atoms with E-state index < -0.39 is 18.0 Å². The zero-order valence-corrected chi connectivity index (χ0v) is 30.2. The van der Waals surface area contributed by atoms with E-state index in [1.54, 1.807) is 38.3 Å². The van der Waals surface area contributed by atoms with Crippen LogP contribution in [0.15, 0.2) is 94.2 Å². The Morgan fingerprint density at radius 3 is 2.35 bits per heavy atom. The minimum Gasteiger partial charge on any atom is -0.497 e. The highest BCUT2D eigenvalue weighted by molar-refractivity contribution is 8.13. The van der Waals surface area contributed by atoms with Crippen molar-refractivity contribution in [2.75, 3.05) is 45.7 Å². The fourth-order valence-corrected chi connectivity index (χ4v) is 7.44. The minimum atomic E-state index is -0.850. The zero-order chi connectivity index (χ0) is 36.3. The van der Waals surface area contributed by atoms with Gasteiger partial charge in [0.1, 0.15) is 11.4 Å². The van der Waals surface area contributed by atoms with E-state index in [1.807, 2.05) is 36.4 Å². The number of carbonyl (C=O) groups is 3. The highest BCUT2D eigenvalue weighted by atomic mass is 32.2. The third kappa shape index (κ3) is 9.62. The number of rotatable bonds is 12. The molecule has 12 nitrogen and oxygen atoms in total. The van der Waals surface area contributed by atoms with Crippen molar-refractivity contribution in [3.05, 3.63) is 106 Å². The lowest BCUT2D eigenvalue weighted by molar-refractivity contribution is -0.136. The number of aliphatic imine (C=N–C) groups is 1. The summed E-state index contributed by atoms with van der Waals surface area (Å²) in [6, 6.07) is 21.0. The molecule has 268 valence electrons. The Hall–Kier alpha value is -5.01.